The van der Waals surface area contributed by atoms with Crippen LogP contribution in [0.5, 0.6) is 0 Å². The van der Waals surface area contributed by atoms with Crippen LogP contribution in [0.3, 0.4) is 0 Å². The van der Waals surface area contributed by atoms with Crippen molar-refractivity contribution in [2.75, 3.05) is 0 Å². The molecule has 24 heavy (non-hydrogen) atoms. The molecular weight excluding hydrogens is 305 g/mol. The Bertz CT molecular complexity index is 734. The molecular formula is C20H20FNO2. The molecule has 0 aliphatic heterocycles. The van der Waals surface area contributed by atoms with Crippen molar-refractivity contribution in [2.45, 2.75) is 25.8 Å². The quantitative estimate of drug-likeness (QED) is 0.652. The summed E-state index contributed by atoms with van der Waals surface area (Å²) in [5.74, 6) is -1.57. The molecule has 0 aliphatic rings. The Kier molecular flexibility index (Phi) is 5.64. The van der Waals surface area contributed by atoms with Gasteiger partial charge >= 0.3 is 0 Å². The van der Waals surface area contributed by atoms with Crippen molar-refractivity contribution >= 4 is 17.8 Å². The second kappa shape index (κ2) is 7.68. The van der Waals surface area contributed by atoms with Crippen LogP contribution < -0.4 is 5.32 Å². The number of amides is 1. The fourth-order valence-corrected chi connectivity index (χ4v) is 2.34. The smallest absolute Gasteiger partial charge is 0.292 e. The molecule has 0 radical (unpaired) electrons. The molecule has 0 fully saturated rings. The van der Waals surface area contributed by atoms with Crippen LogP contribution in [0.15, 0.2) is 60.7 Å². The number of hydrogen-bond donors (Lipinski definition) is 1. The molecule has 2 aromatic rings. The predicted octanol–water partition coefficient (Wildman–Crippen LogP) is 3.55. The van der Waals surface area contributed by atoms with E-state index in [2.05, 4.69) is 5.32 Å². The average molecular weight is 325 g/mol. The highest BCUT2D eigenvalue weighted by atomic mass is 19.1. The number of hydrogen-bond acceptors (Lipinski definition) is 2. The first-order valence-electron chi connectivity index (χ1n) is 7.70. The predicted molar refractivity (Wildman–Crippen MR) is 92.8 cm³/mol. The fraction of sp³-hybridized carbons (Fsp3) is 0.200. The molecule has 0 saturated carbocycles. The number of benzene rings is 2. The standard InChI is InChI=1S/C20H20FNO2/c1-20(2,14-16-8-11-17(21)12-9-16)22-19(24)18(23)13-10-15-6-4-3-5-7-15/h3-13H,14H2,1-2H3,(H,22,24)/b13-10+. The third-order valence-electron chi connectivity index (χ3n) is 3.46. The fourth-order valence-electron chi connectivity index (χ4n) is 2.34. The maximum atomic E-state index is 12.9. The number of ketones is 1. The summed E-state index contributed by atoms with van der Waals surface area (Å²) in [6.07, 6.45) is 3.36. The van der Waals surface area contributed by atoms with Gasteiger partial charge < -0.3 is 5.32 Å². The normalized spacial score (nSPS) is 11.5. The van der Waals surface area contributed by atoms with Crippen molar-refractivity contribution in [3.05, 3.63) is 77.6 Å². The minimum Gasteiger partial charge on any atom is -0.344 e. The zero-order valence-corrected chi connectivity index (χ0v) is 13.8. The van der Waals surface area contributed by atoms with Gasteiger partial charge in [-0.1, -0.05) is 48.5 Å². The molecule has 0 heterocycles. The van der Waals surface area contributed by atoms with Crippen LogP contribution in [0.2, 0.25) is 0 Å². The number of carbonyl (C=O) groups excluding carboxylic acids is 2. The molecule has 0 bridgehead atoms. The Balaban J connectivity index is 1.95. The van der Waals surface area contributed by atoms with Crippen LogP contribution in [0, 0.1) is 5.82 Å². The van der Waals surface area contributed by atoms with E-state index in [4.69, 9.17) is 0 Å². The lowest BCUT2D eigenvalue weighted by atomic mass is 9.94. The first-order chi connectivity index (χ1) is 11.4. The lowest BCUT2D eigenvalue weighted by Crippen LogP contribution is -2.47. The van der Waals surface area contributed by atoms with Crippen LogP contribution in [0.1, 0.15) is 25.0 Å². The lowest BCUT2D eigenvalue weighted by Gasteiger charge is -2.25. The van der Waals surface area contributed by atoms with E-state index in [9.17, 15) is 14.0 Å². The largest absolute Gasteiger partial charge is 0.344 e. The van der Waals surface area contributed by atoms with E-state index >= 15 is 0 Å². The molecule has 0 atom stereocenters. The van der Waals surface area contributed by atoms with Gasteiger partial charge in [0.2, 0.25) is 5.78 Å². The highest BCUT2D eigenvalue weighted by Gasteiger charge is 2.23. The molecule has 124 valence electrons. The molecule has 0 spiro atoms. The molecule has 2 aromatic carbocycles. The van der Waals surface area contributed by atoms with Gasteiger partial charge in [0.15, 0.2) is 0 Å². The number of nitrogens with one attached hydrogen (secondary N) is 1. The third-order valence-corrected chi connectivity index (χ3v) is 3.46. The maximum absolute atomic E-state index is 12.9. The second-order valence-electron chi connectivity index (χ2n) is 6.25. The molecule has 2 rings (SSSR count). The highest BCUT2D eigenvalue weighted by Crippen LogP contribution is 2.13. The SMILES string of the molecule is CC(C)(Cc1ccc(F)cc1)NC(=O)C(=O)/C=C/c1ccccc1. The van der Waals surface area contributed by atoms with Gasteiger partial charge in [-0.2, -0.15) is 0 Å². The lowest BCUT2D eigenvalue weighted by molar-refractivity contribution is -0.136. The summed E-state index contributed by atoms with van der Waals surface area (Å²) >= 11 is 0. The monoisotopic (exact) mass is 325 g/mol. The molecule has 4 heteroatoms. The minimum atomic E-state index is -0.658. The van der Waals surface area contributed by atoms with E-state index in [1.807, 2.05) is 44.2 Å². The summed E-state index contributed by atoms with van der Waals surface area (Å²) in [6.45, 7) is 3.64. The maximum Gasteiger partial charge on any atom is 0.292 e. The first kappa shape index (κ1) is 17.6. The van der Waals surface area contributed by atoms with Crippen LogP contribution in [-0.2, 0) is 16.0 Å². The van der Waals surface area contributed by atoms with Crippen LogP contribution in [0.25, 0.3) is 6.08 Å². The molecule has 0 unspecified atom stereocenters. The van der Waals surface area contributed by atoms with Gasteiger partial charge in [0, 0.05) is 5.54 Å². The van der Waals surface area contributed by atoms with Gasteiger partial charge in [-0.25, -0.2) is 4.39 Å². The van der Waals surface area contributed by atoms with Gasteiger partial charge in [0.25, 0.3) is 5.91 Å². The third kappa shape index (κ3) is 5.47. The van der Waals surface area contributed by atoms with Crippen LogP contribution in [-0.4, -0.2) is 17.2 Å². The van der Waals surface area contributed by atoms with Gasteiger partial charge in [-0.05, 0) is 49.6 Å². The van der Waals surface area contributed by atoms with E-state index in [0.29, 0.717) is 6.42 Å². The van der Waals surface area contributed by atoms with Crippen molar-refractivity contribution < 1.29 is 14.0 Å². The Labute approximate surface area is 141 Å². The van der Waals surface area contributed by atoms with Gasteiger partial charge in [-0.3, -0.25) is 9.59 Å². The summed E-state index contributed by atoms with van der Waals surface area (Å²) in [5.41, 5.74) is 1.11. The first-order valence-corrected chi connectivity index (χ1v) is 7.70. The molecule has 1 amide bonds. The van der Waals surface area contributed by atoms with Crippen molar-refractivity contribution in [1.29, 1.82) is 0 Å². The van der Waals surface area contributed by atoms with E-state index in [-0.39, 0.29) is 5.82 Å². The van der Waals surface area contributed by atoms with Gasteiger partial charge in [-0.15, -0.1) is 0 Å². The number of rotatable bonds is 6. The summed E-state index contributed by atoms with van der Waals surface area (Å²) in [5, 5.41) is 2.72. The molecule has 3 nitrogen and oxygen atoms in total. The van der Waals surface area contributed by atoms with E-state index in [1.54, 1.807) is 18.2 Å². The van der Waals surface area contributed by atoms with Gasteiger partial charge in [0.05, 0.1) is 0 Å². The number of halogens is 1. The Morgan fingerprint density at radius 3 is 2.29 bits per heavy atom. The van der Waals surface area contributed by atoms with Crippen molar-refractivity contribution in [3.8, 4) is 0 Å². The van der Waals surface area contributed by atoms with Crippen molar-refractivity contribution in [1.82, 2.24) is 5.32 Å². The summed E-state index contributed by atoms with van der Waals surface area (Å²) in [6, 6.07) is 15.4. The van der Waals surface area contributed by atoms with E-state index in [0.717, 1.165) is 11.1 Å². The summed E-state index contributed by atoms with van der Waals surface area (Å²) in [7, 11) is 0. The van der Waals surface area contributed by atoms with Crippen LogP contribution in [0.4, 0.5) is 4.39 Å². The summed E-state index contributed by atoms with van der Waals surface area (Å²) < 4.78 is 12.9. The highest BCUT2D eigenvalue weighted by molar-refractivity contribution is 6.41. The Hall–Kier alpha value is -2.75. The topological polar surface area (TPSA) is 46.2 Å². The van der Waals surface area contributed by atoms with Crippen LogP contribution >= 0.6 is 0 Å². The second-order valence-corrected chi connectivity index (χ2v) is 6.25. The summed E-state index contributed by atoms with van der Waals surface area (Å²) in [4.78, 5) is 24.0. The molecule has 0 aromatic heterocycles. The van der Waals surface area contributed by atoms with E-state index < -0.39 is 17.2 Å². The zero-order chi connectivity index (χ0) is 17.6. The van der Waals surface area contributed by atoms with Crippen molar-refractivity contribution in [3.63, 3.8) is 0 Å². The Morgan fingerprint density at radius 2 is 1.67 bits per heavy atom. The van der Waals surface area contributed by atoms with Crippen molar-refractivity contribution in [2.24, 2.45) is 0 Å². The molecule has 0 aliphatic carbocycles. The Morgan fingerprint density at radius 1 is 1.04 bits per heavy atom. The minimum absolute atomic E-state index is 0.304. The molecule has 1 N–H and O–H groups in total. The van der Waals surface area contributed by atoms with Gasteiger partial charge in [0.1, 0.15) is 5.82 Å². The average Bonchev–Trinajstić information content (AvgIpc) is 2.55. The van der Waals surface area contributed by atoms with E-state index in [1.165, 1.54) is 18.2 Å². The number of carbonyl (C=O) groups is 2. The molecule has 0 saturated heterocycles. The zero-order valence-electron chi connectivity index (χ0n) is 13.8.